The van der Waals surface area contributed by atoms with Crippen molar-refractivity contribution in [1.29, 1.82) is 0 Å². The number of hydrogen-bond donors (Lipinski definition) is 2. The molecular weight excluding hydrogens is 290 g/mol. The minimum absolute atomic E-state index is 0.252. The molecule has 1 aromatic heterocycles. The minimum atomic E-state index is -0.446. The van der Waals surface area contributed by atoms with Gasteiger partial charge in [-0.15, -0.1) is 5.10 Å². The predicted molar refractivity (Wildman–Crippen MR) is 90.5 cm³/mol. The van der Waals surface area contributed by atoms with Crippen LogP contribution in [0.4, 0.5) is 0 Å². The molecule has 0 saturated carbocycles. The molecule has 1 unspecified atom stereocenters. The molecular formula is C17H25N5O. The van der Waals surface area contributed by atoms with Gasteiger partial charge in [-0.05, 0) is 43.9 Å². The van der Waals surface area contributed by atoms with E-state index >= 15 is 0 Å². The van der Waals surface area contributed by atoms with Crippen molar-refractivity contribution in [2.45, 2.75) is 39.7 Å². The van der Waals surface area contributed by atoms with Gasteiger partial charge in [0.2, 0.25) is 0 Å². The van der Waals surface area contributed by atoms with Crippen LogP contribution in [0.3, 0.4) is 0 Å². The van der Waals surface area contributed by atoms with Crippen LogP contribution in [0.5, 0.6) is 0 Å². The summed E-state index contributed by atoms with van der Waals surface area (Å²) in [7, 11) is 0. The zero-order valence-electron chi connectivity index (χ0n) is 14.2. The van der Waals surface area contributed by atoms with Crippen LogP contribution in [0.25, 0.3) is 5.69 Å². The summed E-state index contributed by atoms with van der Waals surface area (Å²) in [4.78, 5) is 12.4. The zero-order valence-corrected chi connectivity index (χ0v) is 14.2. The Morgan fingerprint density at radius 2 is 2.17 bits per heavy atom. The lowest BCUT2D eigenvalue weighted by molar-refractivity contribution is 0.0893. The van der Waals surface area contributed by atoms with E-state index in [1.165, 1.54) is 0 Å². The highest BCUT2D eigenvalue weighted by Gasteiger charge is 2.27. The fraction of sp³-hybridized carbons (Fsp3) is 0.471. The standard InChI is InChI=1S/C17H25N5O/c1-12(2)9-17(4,11-18)19-16(23)15-10-22(21-20-15)14-7-5-6-13(3)8-14/h5-8,10,12H,9,11,18H2,1-4H3,(H,19,23). The number of nitrogens with two attached hydrogens (primary N) is 1. The molecule has 124 valence electrons. The second kappa shape index (κ2) is 6.91. The average Bonchev–Trinajstić information content (AvgIpc) is 2.96. The van der Waals surface area contributed by atoms with E-state index < -0.39 is 5.54 Å². The molecule has 0 saturated heterocycles. The first-order chi connectivity index (χ1) is 10.8. The first-order valence-electron chi connectivity index (χ1n) is 7.85. The number of benzene rings is 1. The van der Waals surface area contributed by atoms with Gasteiger partial charge in [0.15, 0.2) is 5.69 Å². The Hall–Kier alpha value is -2.21. The van der Waals surface area contributed by atoms with Gasteiger partial charge in [-0.1, -0.05) is 31.2 Å². The van der Waals surface area contributed by atoms with E-state index in [0.29, 0.717) is 12.5 Å². The molecule has 1 atom stereocenters. The van der Waals surface area contributed by atoms with Crippen molar-refractivity contribution >= 4 is 5.91 Å². The van der Waals surface area contributed by atoms with Crippen LogP contribution in [0.15, 0.2) is 30.5 Å². The monoisotopic (exact) mass is 315 g/mol. The van der Waals surface area contributed by atoms with Crippen molar-refractivity contribution in [2.24, 2.45) is 11.7 Å². The van der Waals surface area contributed by atoms with Gasteiger partial charge in [0.05, 0.1) is 17.4 Å². The van der Waals surface area contributed by atoms with Gasteiger partial charge in [0.25, 0.3) is 5.91 Å². The Morgan fingerprint density at radius 3 is 2.78 bits per heavy atom. The largest absolute Gasteiger partial charge is 0.344 e. The van der Waals surface area contributed by atoms with Crippen molar-refractivity contribution in [3.8, 4) is 5.69 Å². The SMILES string of the molecule is Cc1cccc(-n2cc(C(=O)NC(C)(CN)CC(C)C)nn2)c1. The van der Waals surface area contributed by atoms with Gasteiger partial charge in [-0.2, -0.15) is 0 Å². The summed E-state index contributed by atoms with van der Waals surface area (Å²) >= 11 is 0. The van der Waals surface area contributed by atoms with Crippen molar-refractivity contribution < 1.29 is 4.79 Å². The van der Waals surface area contributed by atoms with Gasteiger partial charge in [0.1, 0.15) is 0 Å². The highest BCUT2D eigenvalue weighted by molar-refractivity contribution is 5.92. The summed E-state index contributed by atoms with van der Waals surface area (Å²) in [5.74, 6) is 0.185. The van der Waals surface area contributed by atoms with Crippen molar-refractivity contribution in [3.05, 3.63) is 41.7 Å². The number of nitrogens with one attached hydrogen (secondary N) is 1. The number of carbonyl (C=O) groups excluding carboxylic acids is 1. The van der Waals surface area contributed by atoms with Crippen molar-refractivity contribution in [3.63, 3.8) is 0 Å². The molecule has 0 aliphatic rings. The maximum Gasteiger partial charge on any atom is 0.273 e. The number of aromatic nitrogens is 3. The molecule has 0 bridgehead atoms. The third kappa shape index (κ3) is 4.39. The van der Waals surface area contributed by atoms with Crippen LogP contribution in [0.1, 0.15) is 43.2 Å². The van der Waals surface area contributed by atoms with E-state index in [4.69, 9.17) is 5.73 Å². The molecule has 0 aliphatic heterocycles. The van der Waals surface area contributed by atoms with Crippen LogP contribution in [-0.4, -0.2) is 33.0 Å². The number of amides is 1. The molecule has 1 amide bonds. The van der Waals surface area contributed by atoms with Crippen LogP contribution in [0.2, 0.25) is 0 Å². The fourth-order valence-electron chi connectivity index (χ4n) is 2.69. The number of hydrogen-bond acceptors (Lipinski definition) is 4. The van der Waals surface area contributed by atoms with Crippen LogP contribution < -0.4 is 11.1 Å². The smallest absolute Gasteiger partial charge is 0.273 e. The van der Waals surface area contributed by atoms with Crippen LogP contribution in [0, 0.1) is 12.8 Å². The average molecular weight is 315 g/mol. The zero-order chi connectivity index (χ0) is 17.0. The van der Waals surface area contributed by atoms with E-state index in [1.807, 2.05) is 38.1 Å². The third-order valence-electron chi connectivity index (χ3n) is 3.72. The summed E-state index contributed by atoms with van der Waals surface area (Å²) in [5.41, 5.74) is 7.68. The molecule has 0 spiro atoms. The maximum absolute atomic E-state index is 12.4. The fourth-order valence-corrected chi connectivity index (χ4v) is 2.69. The van der Waals surface area contributed by atoms with E-state index in [9.17, 15) is 4.79 Å². The molecule has 2 rings (SSSR count). The van der Waals surface area contributed by atoms with Crippen molar-refractivity contribution in [1.82, 2.24) is 20.3 Å². The molecule has 2 aromatic rings. The Kier molecular flexibility index (Phi) is 5.15. The number of rotatable bonds is 6. The van der Waals surface area contributed by atoms with Gasteiger partial charge < -0.3 is 11.1 Å². The normalized spacial score (nSPS) is 13.8. The van der Waals surface area contributed by atoms with Gasteiger partial charge in [-0.25, -0.2) is 4.68 Å². The summed E-state index contributed by atoms with van der Waals surface area (Å²) in [5, 5.41) is 11.0. The Balaban J connectivity index is 2.15. The number of aryl methyl sites for hydroxylation is 1. The molecule has 23 heavy (non-hydrogen) atoms. The lowest BCUT2D eigenvalue weighted by Gasteiger charge is -2.30. The Labute approximate surface area is 137 Å². The molecule has 1 heterocycles. The van der Waals surface area contributed by atoms with Crippen molar-refractivity contribution in [2.75, 3.05) is 6.54 Å². The summed E-state index contributed by atoms with van der Waals surface area (Å²) < 4.78 is 1.60. The summed E-state index contributed by atoms with van der Waals surface area (Å²) in [6.45, 7) is 8.55. The number of nitrogens with zero attached hydrogens (tertiary/aromatic N) is 3. The van der Waals surface area contributed by atoms with Gasteiger partial charge in [-0.3, -0.25) is 4.79 Å². The summed E-state index contributed by atoms with van der Waals surface area (Å²) in [6, 6.07) is 7.86. The number of carbonyl (C=O) groups is 1. The maximum atomic E-state index is 12.4. The molecule has 6 nitrogen and oxygen atoms in total. The quantitative estimate of drug-likeness (QED) is 0.854. The minimum Gasteiger partial charge on any atom is -0.344 e. The molecule has 6 heteroatoms. The van der Waals surface area contributed by atoms with Crippen LogP contribution in [-0.2, 0) is 0 Å². The second-order valence-corrected chi connectivity index (χ2v) is 6.70. The topological polar surface area (TPSA) is 85.8 Å². The molecule has 0 radical (unpaired) electrons. The summed E-state index contributed by atoms with van der Waals surface area (Å²) in [6.07, 6.45) is 2.44. The van der Waals surface area contributed by atoms with E-state index in [-0.39, 0.29) is 11.6 Å². The predicted octanol–water partition coefficient (Wildman–Crippen LogP) is 2.07. The Bertz CT molecular complexity index is 679. The highest BCUT2D eigenvalue weighted by atomic mass is 16.2. The lowest BCUT2D eigenvalue weighted by atomic mass is 9.90. The second-order valence-electron chi connectivity index (χ2n) is 6.70. The van der Waals surface area contributed by atoms with Crippen LogP contribution >= 0.6 is 0 Å². The Morgan fingerprint density at radius 1 is 1.43 bits per heavy atom. The highest BCUT2D eigenvalue weighted by Crippen LogP contribution is 2.16. The first-order valence-corrected chi connectivity index (χ1v) is 7.85. The molecule has 1 aromatic carbocycles. The first kappa shape index (κ1) is 17.1. The third-order valence-corrected chi connectivity index (χ3v) is 3.72. The molecule has 3 N–H and O–H groups in total. The van der Waals surface area contributed by atoms with E-state index in [2.05, 4.69) is 29.5 Å². The lowest BCUT2D eigenvalue weighted by Crippen LogP contribution is -2.52. The van der Waals surface area contributed by atoms with E-state index in [0.717, 1.165) is 17.7 Å². The van der Waals surface area contributed by atoms with E-state index in [1.54, 1.807) is 10.9 Å². The molecule has 0 fully saturated rings. The van der Waals surface area contributed by atoms with Gasteiger partial charge >= 0.3 is 0 Å². The molecule has 0 aliphatic carbocycles. The van der Waals surface area contributed by atoms with Gasteiger partial charge in [0, 0.05) is 6.54 Å².